The lowest BCUT2D eigenvalue weighted by atomic mass is 10.3. The van der Waals surface area contributed by atoms with Crippen molar-refractivity contribution >= 4 is 13.6 Å². The second-order valence-electron chi connectivity index (χ2n) is 3.25. The Kier molecular flexibility index (Phi) is 5.98. The highest BCUT2D eigenvalue weighted by atomic mass is 31.2. The minimum Gasteiger partial charge on any atom is -0.449 e. The van der Waals surface area contributed by atoms with Crippen molar-refractivity contribution in [2.45, 2.75) is 13.8 Å². The number of pyridine rings is 1. The Morgan fingerprint density at radius 1 is 1.33 bits per heavy atom. The summed E-state index contributed by atoms with van der Waals surface area (Å²) in [4.78, 5) is 15.4. The van der Waals surface area contributed by atoms with Crippen LogP contribution in [0.1, 0.15) is 24.2 Å². The number of rotatable bonds is 7. The summed E-state index contributed by atoms with van der Waals surface area (Å²) in [6.07, 6.45) is 2.51. The molecule has 1 rings (SSSR count). The molecular formula is C11H16NO5P. The molecule has 1 aromatic rings. The largest absolute Gasteiger partial charge is 0.449 e. The third-order valence-electron chi connectivity index (χ3n) is 1.90. The summed E-state index contributed by atoms with van der Waals surface area (Å²) in [7, 11) is -3.36. The zero-order valence-corrected chi connectivity index (χ0v) is 11.3. The van der Waals surface area contributed by atoms with E-state index in [1.54, 1.807) is 32.2 Å². The van der Waals surface area contributed by atoms with Crippen molar-refractivity contribution in [1.29, 1.82) is 0 Å². The van der Waals surface area contributed by atoms with Crippen LogP contribution in [0.5, 0.6) is 0 Å². The van der Waals surface area contributed by atoms with Gasteiger partial charge in [-0.2, -0.15) is 0 Å². The summed E-state index contributed by atoms with van der Waals surface area (Å²) in [5, 5.41) is 0. The van der Waals surface area contributed by atoms with E-state index in [4.69, 9.17) is 13.8 Å². The van der Waals surface area contributed by atoms with Crippen LogP contribution in [-0.4, -0.2) is 30.5 Å². The van der Waals surface area contributed by atoms with Crippen LogP contribution in [0, 0.1) is 0 Å². The number of hydrogen-bond acceptors (Lipinski definition) is 6. The van der Waals surface area contributed by atoms with Crippen LogP contribution in [0.4, 0.5) is 0 Å². The molecular weight excluding hydrogens is 257 g/mol. The first-order valence-corrected chi connectivity index (χ1v) is 7.29. The maximum atomic E-state index is 12.0. The standard InChI is InChI=1S/C11H16NO5P/c1-3-16-18(14,17-4-2)9-15-11(13)10-6-5-7-12-8-10/h5-8H,3-4,9H2,1-2H3. The van der Waals surface area contributed by atoms with Gasteiger partial charge in [0.2, 0.25) is 0 Å². The molecule has 0 saturated carbocycles. The first-order chi connectivity index (χ1) is 8.61. The van der Waals surface area contributed by atoms with Gasteiger partial charge < -0.3 is 13.8 Å². The summed E-state index contributed by atoms with van der Waals surface area (Å²) in [6, 6.07) is 3.17. The first-order valence-electron chi connectivity index (χ1n) is 5.56. The summed E-state index contributed by atoms with van der Waals surface area (Å²) in [5.41, 5.74) is 0.289. The highest BCUT2D eigenvalue weighted by molar-refractivity contribution is 7.53. The van der Waals surface area contributed by atoms with Crippen molar-refractivity contribution in [3.8, 4) is 0 Å². The van der Waals surface area contributed by atoms with Gasteiger partial charge in [-0.15, -0.1) is 0 Å². The van der Waals surface area contributed by atoms with E-state index in [1.807, 2.05) is 0 Å². The van der Waals surface area contributed by atoms with Gasteiger partial charge in [-0.25, -0.2) is 4.79 Å². The van der Waals surface area contributed by atoms with Crippen LogP contribution in [0.25, 0.3) is 0 Å². The second kappa shape index (κ2) is 7.26. The fourth-order valence-corrected chi connectivity index (χ4v) is 2.50. The van der Waals surface area contributed by atoms with E-state index in [9.17, 15) is 9.36 Å². The second-order valence-corrected chi connectivity index (χ2v) is 5.25. The number of carbonyl (C=O) groups excluding carboxylic acids is 1. The lowest BCUT2D eigenvalue weighted by Gasteiger charge is -2.16. The molecule has 6 nitrogen and oxygen atoms in total. The third kappa shape index (κ3) is 4.56. The fourth-order valence-electron chi connectivity index (χ4n) is 1.21. The van der Waals surface area contributed by atoms with Gasteiger partial charge in [0.05, 0.1) is 18.8 Å². The molecule has 0 aliphatic rings. The van der Waals surface area contributed by atoms with Crippen molar-refractivity contribution in [2.24, 2.45) is 0 Å². The molecule has 100 valence electrons. The fraction of sp³-hybridized carbons (Fsp3) is 0.455. The van der Waals surface area contributed by atoms with Gasteiger partial charge in [-0.05, 0) is 26.0 Å². The maximum Gasteiger partial charge on any atom is 0.367 e. The van der Waals surface area contributed by atoms with E-state index >= 15 is 0 Å². The van der Waals surface area contributed by atoms with E-state index in [1.165, 1.54) is 6.20 Å². The Bertz CT molecular complexity index is 413. The van der Waals surface area contributed by atoms with Crippen LogP contribution in [-0.2, 0) is 18.3 Å². The van der Waals surface area contributed by atoms with Gasteiger partial charge >= 0.3 is 13.6 Å². The summed E-state index contributed by atoms with van der Waals surface area (Å²) in [6.45, 7) is 3.83. The topological polar surface area (TPSA) is 74.7 Å². The molecule has 0 aromatic carbocycles. The summed E-state index contributed by atoms with van der Waals surface area (Å²) >= 11 is 0. The van der Waals surface area contributed by atoms with Crippen molar-refractivity contribution < 1.29 is 23.1 Å². The molecule has 1 aromatic heterocycles. The molecule has 0 fully saturated rings. The van der Waals surface area contributed by atoms with Gasteiger partial charge in [0, 0.05) is 12.4 Å². The Balaban J connectivity index is 2.58. The highest BCUT2D eigenvalue weighted by Gasteiger charge is 2.26. The van der Waals surface area contributed by atoms with Gasteiger partial charge in [0.1, 0.15) is 0 Å². The molecule has 0 spiro atoms. The minimum absolute atomic E-state index is 0.224. The van der Waals surface area contributed by atoms with Crippen LogP contribution in [0.15, 0.2) is 24.5 Å². The number of carbonyl (C=O) groups is 1. The smallest absolute Gasteiger partial charge is 0.367 e. The molecule has 0 N–H and O–H groups in total. The highest BCUT2D eigenvalue weighted by Crippen LogP contribution is 2.47. The molecule has 0 bridgehead atoms. The lowest BCUT2D eigenvalue weighted by molar-refractivity contribution is 0.0532. The quantitative estimate of drug-likeness (QED) is 0.561. The number of aromatic nitrogens is 1. The van der Waals surface area contributed by atoms with E-state index in [-0.39, 0.29) is 18.8 Å². The van der Waals surface area contributed by atoms with Gasteiger partial charge in [-0.3, -0.25) is 9.55 Å². The molecule has 0 atom stereocenters. The van der Waals surface area contributed by atoms with Crippen LogP contribution in [0.2, 0.25) is 0 Å². The number of hydrogen-bond donors (Lipinski definition) is 0. The summed E-state index contributed by atoms with van der Waals surface area (Å²) in [5.74, 6) is -0.609. The number of ether oxygens (including phenoxy) is 1. The van der Waals surface area contributed by atoms with Crippen molar-refractivity contribution in [1.82, 2.24) is 4.98 Å². The van der Waals surface area contributed by atoms with E-state index in [0.29, 0.717) is 0 Å². The van der Waals surface area contributed by atoms with Crippen LogP contribution in [0.3, 0.4) is 0 Å². The van der Waals surface area contributed by atoms with E-state index in [2.05, 4.69) is 4.98 Å². The zero-order valence-electron chi connectivity index (χ0n) is 10.4. The molecule has 0 aliphatic carbocycles. The van der Waals surface area contributed by atoms with E-state index < -0.39 is 19.9 Å². The SMILES string of the molecule is CCOP(=O)(COC(=O)c1cccnc1)OCC. The molecule has 7 heteroatoms. The molecule has 0 amide bonds. The Morgan fingerprint density at radius 3 is 2.50 bits per heavy atom. The number of esters is 1. The zero-order chi connectivity index (χ0) is 13.4. The average molecular weight is 273 g/mol. The first kappa shape index (κ1) is 14.8. The Morgan fingerprint density at radius 2 is 2.00 bits per heavy atom. The van der Waals surface area contributed by atoms with Crippen LogP contribution >= 0.6 is 7.60 Å². The monoisotopic (exact) mass is 273 g/mol. The van der Waals surface area contributed by atoms with Crippen LogP contribution < -0.4 is 0 Å². The maximum absolute atomic E-state index is 12.0. The van der Waals surface area contributed by atoms with Gasteiger partial charge in [-0.1, -0.05) is 0 Å². The average Bonchev–Trinajstić information content (AvgIpc) is 2.38. The molecule has 0 aliphatic heterocycles. The number of nitrogens with zero attached hydrogens (tertiary/aromatic N) is 1. The molecule has 0 unspecified atom stereocenters. The molecule has 0 saturated heterocycles. The normalized spacial score (nSPS) is 11.2. The van der Waals surface area contributed by atoms with E-state index in [0.717, 1.165) is 0 Å². The Hall–Kier alpha value is -1.23. The summed E-state index contributed by atoms with van der Waals surface area (Å²) < 4.78 is 26.9. The molecule has 1 heterocycles. The predicted molar refractivity (Wildman–Crippen MR) is 65.4 cm³/mol. The lowest BCUT2D eigenvalue weighted by Crippen LogP contribution is -2.10. The third-order valence-corrected chi connectivity index (χ3v) is 3.65. The van der Waals surface area contributed by atoms with Gasteiger partial charge in [0.25, 0.3) is 0 Å². The molecule has 18 heavy (non-hydrogen) atoms. The minimum atomic E-state index is -3.36. The Labute approximate surface area is 106 Å². The van der Waals surface area contributed by atoms with Crippen molar-refractivity contribution in [3.05, 3.63) is 30.1 Å². The molecule has 0 radical (unpaired) electrons. The van der Waals surface area contributed by atoms with Gasteiger partial charge in [0.15, 0.2) is 6.35 Å². The predicted octanol–water partition coefficient (Wildman–Crippen LogP) is 2.46. The van der Waals surface area contributed by atoms with Crippen molar-refractivity contribution in [3.63, 3.8) is 0 Å². The van der Waals surface area contributed by atoms with Crippen molar-refractivity contribution in [2.75, 3.05) is 19.6 Å².